The van der Waals surface area contributed by atoms with E-state index in [0.29, 0.717) is 27.5 Å². The summed E-state index contributed by atoms with van der Waals surface area (Å²) in [5, 5.41) is 15.7. The predicted octanol–water partition coefficient (Wildman–Crippen LogP) is 4.50. The molecule has 4 rings (SSSR count). The average molecular weight is 471 g/mol. The largest absolute Gasteiger partial charge is 0.497 e. The summed E-state index contributed by atoms with van der Waals surface area (Å²) in [5.74, 6) is 0.183. The molecule has 6 heteroatoms. The van der Waals surface area contributed by atoms with Gasteiger partial charge in [-0.25, -0.2) is 5.09 Å². The zero-order valence-corrected chi connectivity index (χ0v) is 19.6. The lowest BCUT2D eigenvalue weighted by Gasteiger charge is -2.30. The summed E-state index contributed by atoms with van der Waals surface area (Å²) in [6.45, 7) is 0. The highest BCUT2D eigenvalue weighted by atomic mass is 31.2. The second-order valence-corrected chi connectivity index (χ2v) is 10.3. The Labute approximate surface area is 199 Å². The number of carbonyl (C=O) groups is 1. The van der Waals surface area contributed by atoms with E-state index in [1.54, 1.807) is 86.0 Å². The molecule has 0 fully saturated rings. The van der Waals surface area contributed by atoms with Crippen LogP contribution in [0.1, 0.15) is 22.0 Å². The first-order valence-corrected chi connectivity index (χ1v) is 12.6. The topological polar surface area (TPSA) is 75.6 Å². The number of hydrogen-bond acceptors (Lipinski definition) is 4. The number of aliphatic hydroxyl groups excluding tert-OH is 1. The minimum Gasteiger partial charge on any atom is -0.497 e. The molecule has 0 aromatic heterocycles. The monoisotopic (exact) mass is 471 g/mol. The molecule has 0 aliphatic rings. The molecule has 4 aromatic carbocycles. The molecule has 0 saturated carbocycles. The third-order valence-corrected chi connectivity index (χ3v) is 8.37. The van der Waals surface area contributed by atoms with E-state index in [0.717, 1.165) is 0 Å². The molecule has 2 N–H and O–H groups in total. The lowest BCUT2D eigenvalue weighted by Crippen LogP contribution is -2.40. The van der Waals surface area contributed by atoms with Gasteiger partial charge < -0.3 is 9.84 Å². The molecule has 0 unspecified atom stereocenters. The van der Waals surface area contributed by atoms with Crippen LogP contribution < -0.4 is 20.4 Å². The Hall–Kier alpha value is -3.50. The van der Waals surface area contributed by atoms with Crippen LogP contribution in [0.2, 0.25) is 0 Å². The minimum absolute atomic E-state index is 0.379. The molecule has 0 radical (unpaired) electrons. The lowest BCUT2D eigenvalue weighted by molar-refractivity contribution is 0.0679. The van der Waals surface area contributed by atoms with Gasteiger partial charge in [0.05, 0.1) is 13.2 Å². The summed E-state index contributed by atoms with van der Waals surface area (Å²) in [4.78, 5) is 13.2. The number of nitrogens with one attached hydrogen (secondary N) is 1. The Morgan fingerprint density at radius 2 is 1.24 bits per heavy atom. The molecule has 2 atom stereocenters. The maximum absolute atomic E-state index is 14.6. The summed E-state index contributed by atoms with van der Waals surface area (Å²) < 4.78 is 19.9. The normalized spacial score (nSPS) is 13.1. The van der Waals surface area contributed by atoms with Crippen LogP contribution in [0.15, 0.2) is 115 Å². The summed E-state index contributed by atoms with van der Waals surface area (Å²) in [6.07, 6.45) is -1.48. The number of Topliss-reactive ketones (excluding diaryl/α,β-unsaturated/α-hetero) is 1. The number of ether oxygens (including phenoxy) is 1. The van der Waals surface area contributed by atoms with Crippen LogP contribution >= 0.6 is 7.29 Å². The van der Waals surface area contributed by atoms with E-state index >= 15 is 0 Å². The van der Waals surface area contributed by atoms with Gasteiger partial charge in [0.15, 0.2) is 5.78 Å². The number of aliphatic hydroxyl groups is 1. The second-order valence-electron chi connectivity index (χ2n) is 7.84. The molecule has 0 heterocycles. The van der Waals surface area contributed by atoms with Gasteiger partial charge in [0.2, 0.25) is 7.29 Å². The number of rotatable bonds is 9. The third kappa shape index (κ3) is 5.02. The summed E-state index contributed by atoms with van der Waals surface area (Å²) >= 11 is 0. The van der Waals surface area contributed by atoms with Gasteiger partial charge in [0.25, 0.3) is 0 Å². The molecule has 0 spiro atoms. The van der Waals surface area contributed by atoms with Crippen molar-refractivity contribution >= 4 is 23.7 Å². The van der Waals surface area contributed by atoms with Crippen LogP contribution in [0.5, 0.6) is 5.75 Å². The number of methoxy groups -OCH3 is 1. The van der Waals surface area contributed by atoms with E-state index in [9.17, 15) is 14.5 Å². The lowest BCUT2D eigenvalue weighted by atomic mass is 9.95. The standard InChI is InChI=1S/C28H26NO4P/c1-33-23-19-17-21(18-20-23)26(28(31)27(30)22-11-5-2-6-12-22)29-34(32,24-13-7-3-8-14-24)25-15-9-4-10-16-25/h2-20,26,28,31H,1H3,(H,29,32)/t26-,28+/m0/s1. The number of carbonyl (C=O) groups excluding carboxylic acids is 1. The Morgan fingerprint density at radius 3 is 1.71 bits per heavy atom. The molecule has 172 valence electrons. The fraction of sp³-hybridized carbons (Fsp3) is 0.107. The number of hydrogen-bond donors (Lipinski definition) is 2. The van der Waals surface area contributed by atoms with Crippen molar-refractivity contribution in [1.82, 2.24) is 5.09 Å². The molecule has 4 aromatic rings. The van der Waals surface area contributed by atoms with Crippen LogP contribution in [0, 0.1) is 0 Å². The van der Waals surface area contributed by atoms with Gasteiger partial charge in [-0.15, -0.1) is 0 Å². The Balaban J connectivity index is 1.81. The van der Waals surface area contributed by atoms with Gasteiger partial charge in [0.1, 0.15) is 11.9 Å². The fourth-order valence-electron chi connectivity index (χ4n) is 3.83. The van der Waals surface area contributed by atoms with Crippen LogP contribution in [-0.2, 0) is 4.57 Å². The van der Waals surface area contributed by atoms with E-state index in [1.807, 2.05) is 36.4 Å². The van der Waals surface area contributed by atoms with E-state index < -0.39 is 25.2 Å². The molecular formula is C28H26NO4P. The van der Waals surface area contributed by atoms with Crippen LogP contribution in [0.25, 0.3) is 0 Å². The molecule has 0 aliphatic heterocycles. The maximum atomic E-state index is 14.6. The maximum Gasteiger partial charge on any atom is 0.205 e. The van der Waals surface area contributed by atoms with E-state index in [4.69, 9.17) is 4.74 Å². The molecular weight excluding hydrogens is 445 g/mol. The van der Waals surface area contributed by atoms with Crippen molar-refractivity contribution in [3.05, 3.63) is 126 Å². The fourth-order valence-corrected chi connectivity index (χ4v) is 6.30. The zero-order chi connectivity index (χ0) is 24.0. The summed E-state index contributed by atoms with van der Waals surface area (Å²) in [7, 11) is -1.88. The third-order valence-electron chi connectivity index (χ3n) is 5.68. The SMILES string of the molecule is COc1ccc([C@H](NP(=O)(c2ccccc2)c2ccccc2)[C@@H](O)C(=O)c2ccccc2)cc1. The predicted molar refractivity (Wildman–Crippen MR) is 135 cm³/mol. The number of benzene rings is 4. The van der Waals surface area contributed by atoms with Gasteiger partial charge in [0, 0.05) is 16.2 Å². The smallest absolute Gasteiger partial charge is 0.205 e. The van der Waals surface area contributed by atoms with Gasteiger partial charge in [-0.2, -0.15) is 0 Å². The Morgan fingerprint density at radius 1 is 0.765 bits per heavy atom. The molecule has 0 saturated heterocycles. The van der Waals surface area contributed by atoms with Crippen molar-refractivity contribution in [3.63, 3.8) is 0 Å². The second kappa shape index (κ2) is 10.6. The minimum atomic E-state index is -3.44. The van der Waals surface area contributed by atoms with Crippen LogP contribution in [0.3, 0.4) is 0 Å². The quantitative estimate of drug-likeness (QED) is 0.278. The molecule has 5 nitrogen and oxygen atoms in total. The Bertz CT molecular complexity index is 1220. The summed E-state index contributed by atoms with van der Waals surface area (Å²) in [6, 6.07) is 32.8. The average Bonchev–Trinajstić information content (AvgIpc) is 2.92. The van der Waals surface area contributed by atoms with E-state index in [2.05, 4.69) is 5.09 Å². The first-order valence-electron chi connectivity index (χ1n) is 10.9. The molecule has 0 bridgehead atoms. The highest BCUT2D eigenvalue weighted by molar-refractivity contribution is 7.76. The van der Waals surface area contributed by atoms with E-state index in [-0.39, 0.29) is 0 Å². The van der Waals surface area contributed by atoms with Crippen LogP contribution in [0.4, 0.5) is 0 Å². The van der Waals surface area contributed by atoms with Crippen molar-refractivity contribution in [3.8, 4) is 5.75 Å². The van der Waals surface area contributed by atoms with Crippen molar-refractivity contribution in [1.29, 1.82) is 0 Å². The van der Waals surface area contributed by atoms with Crippen molar-refractivity contribution < 1.29 is 19.2 Å². The first-order chi connectivity index (χ1) is 16.5. The highest BCUT2D eigenvalue weighted by Gasteiger charge is 2.36. The first kappa shape index (κ1) is 23.7. The highest BCUT2D eigenvalue weighted by Crippen LogP contribution is 2.43. The van der Waals surface area contributed by atoms with Crippen molar-refractivity contribution in [2.45, 2.75) is 12.1 Å². The van der Waals surface area contributed by atoms with Gasteiger partial charge in [-0.05, 0) is 42.0 Å². The van der Waals surface area contributed by atoms with Crippen molar-refractivity contribution in [2.24, 2.45) is 0 Å². The zero-order valence-electron chi connectivity index (χ0n) is 18.7. The summed E-state index contributed by atoms with van der Waals surface area (Å²) in [5.41, 5.74) is 0.995. The van der Waals surface area contributed by atoms with Crippen molar-refractivity contribution in [2.75, 3.05) is 7.11 Å². The molecule has 0 aliphatic carbocycles. The Kier molecular flexibility index (Phi) is 7.39. The van der Waals surface area contributed by atoms with E-state index in [1.165, 1.54) is 0 Å². The van der Waals surface area contributed by atoms with Gasteiger partial charge in [-0.1, -0.05) is 78.9 Å². The number of ketones is 1. The van der Waals surface area contributed by atoms with Gasteiger partial charge in [-0.3, -0.25) is 9.36 Å². The van der Waals surface area contributed by atoms with Crippen LogP contribution in [-0.4, -0.2) is 24.1 Å². The molecule has 34 heavy (non-hydrogen) atoms. The molecule has 0 amide bonds. The van der Waals surface area contributed by atoms with Gasteiger partial charge >= 0.3 is 0 Å².